The Morgan fingerprint density at radius 3 is 2.65 bits per heavy atom. The van der Waals surface area contributed by atoms with Crippen LogP contribution in [0.15, 0.2) is 18.2 Å². The molecule has 6 nitrogen and oxygen atoms in total. The van der Waals surface area contributed by atoms with Crippen LogP contribution >= 0.6 is 0 Å². The number of hydrogen-bond donors (Lipinski definition) is 1. The van der Waals surface area contributed by atoms with Crippen LogP contribution in [0, 0.1) is 16.0 Å². The molecule has 0 bridgehead atoms. The molecule has 1 aromatic carbocycles. The maximum Gasteiger partial charge on any atom is 0.310 e. The van der Waals surface area contributed by atoms with Crippen LogP contribution in [0.25, 0.3) is 0 Å². The molecule has 0 aliphatic carbocycles. The highest BCUT2D eigenvalue weighted by Crippen LogP contribution is 2.27. The summed E-state index contributed by atoms with van der Waals surface area (Å²) < 4.78 is 10.8. The molecule has 0 spiro atoms. The highest BCUT2D eigenvalue weighted by molar-refractivity contribution is 5.48. The second-order valence-corrected chi connectivity index (χ2v) is 4.91. The topological polar surface area (TPSA) is 87.6 Å². The molecule has 0 amide bonds. The average Bonchev–Trinajstić information content (AvgIpc) is 2.41. The van der Waals surface area contributed by atoms with E-state index < -0.39 is 4.92 Å². The number of nitro benzene ring substituents is 1. The van der Waals surface area contributed by atoms with Gasteiger partial charge in [-0.25, -0.2) is 0 Å². The number of benzene rings is 1. The van der Waals surface area contributed by atoms with Gasteiger partial charge in [0.1, 0.15) is 6.61 Å². The Morgan fingerprint density at radius 1 is 1.30 bits per heavy atom. The zero-order valence-corrected chi connectivity index (χ0v) is 12.0. The standard InChI is InChI=1S/C14H22N2O4/c1-11(2)5-6-19-7-8-20-14-9-12(10-15)3-4-13(14)16(17)18/h3-4,9,11H,5-8,10,15H2,1-2H3. The van der Waals surface area contributed by atoms with Crippen LogP contribution in [0.3, 0.4) is 0 Å². The molecule has 0 saturated carbocycles. The molecule has 0 aliphatic heterocycles. The Balaban J connectivity index is 2.47. The van der Waals surface area contributed by atoms with Crippen molar-refractivity contribution in [2.24, 2.45) is 11.7 Å². The molecule has 0 aliphatic rings. The van der Waals surface area contributed by atoms with E-state index in [1.807, 2.05) is 0 Å². The van der Waals surface area contributed by atoms with Gasteiger partial charge in [-0.15, -0.1) is 0 Å². The van der Waals surface area contributed by atoms with Crippen molar-refractivity contribution >= 4 is 5.69 Å². The third kappa shape index (κ3) is 5.54. The fourth-order valence-electron chi connectivity index (χ4n) is 1.58. The van der Waals surface area contributed by atoms with Gasteiger partial charge in [0.25, 0.3) is 0 Å². The summed E-state index contributed by atoms with van der Waals surface area (Å²) in [6, 6.07) is 4.65. The van der Waals surface area contributed by atoms with Gasteiger partial charge in [0.2, 0.25) is 0 Å². The van der Waals surface area contributed by atoms with Crippen LogP contribution in [-0.2, 0) is 11.3 Å². The number of ether oxygens (including phenoxy) is 2. The molecule has 0 heterocycles. The first-order valence-electron chi connectivity index (χ1n) is 6.72. The van der Waals surface area contributed by atoms with Gasteiger partial charge >= 0.3 is 5.69 Å². The van der Waals surface area contributed by atoms with Gasteiger partial charge in [-0.2, -0.15) is 0 Å². The molecule has 1 aromatic rings. The largest absolute Gasteiger partial charge is 0.484 e. The van der Waals surface area contributed by atoms with E-state index in [0.29, 0.717) is 25.7 Å². The Hall–Kier alpha value is -1.66. The van der Waals surface area contributed by atoms with Gasteiger partial charge in [0, 0.05) is 19.2 Å². The zero-order chi connectivity index (χ0) is 15.0. The Kier molecular flexibility index (Phi) is 6.97. The minimum atomic E-state index is -0.463. The lowest BCUT2D eigenvalue weighted by Gasteiger charge is -2.09. The Labute approximate surface area is 119 Å². The van der Waals surface area contributed by atoms with E-state index in [4.69, 9.17) is 15.2 Å². The molecule has 20 heavy (non-hydrogen) atoms. The molecule has 112 valence electrons. The normalized spacial score (nSPS) is 10.8. The fourth-order valence-corrected chi connectivity index (χ4v) is 1.58. The van der Waals surface area contributed by atoms with E-state index in [0.717, 1.165) is 12.0 Å². The predicted octanol–water partition coefficient (Wildman–Crippen LogP) is 2.50. The first-order chi connectivity index (χ1) is 9.54. The summed E-state index contributed by atoms with van der Waals surface area (Å²) in [7, 11) is 0. The maximum atomic E-state index is 10.9. The lowest BCUT2D eigenvalue weighted by Crippen LogP contribution is -2.10. The molecule has 0 aromatic heterocycles. The average molecular weight is 282 g/mol. The lowest BCUT2D eigenvalue weighted by molar-refractivity contribution is -0.385. The van der Waals surface area contributed by atoms with E-state index >= 15 is 0 Å². The minimum Gasteiger partial charge on any atom is -0.484 e. The fraction of sp³-hybridized carbons (Fsp3) is 0.571. The third-order valence-corrected chi connectivity index (χ3v) is 2.78. The smallest absolute Gasteiger partial charge is 0.310 e. The first kappa shape index (κ1) is 16.4. The second-order valence-electron chi connectivity index (χ2n) is 4.91. The molecule has 1 rings (SSSR count). The van der Waals surface area contributed by atoms with Crippen LogP contribution in [0.5, 0.6) is 5.75 Å². The molecule has 0 unspecified atom stereocenters. The monoisotopic (exact) mass is 282 g/mol. The highest BCUT2D eigenvalue weighted by atomic mass is 16.6. The van der Waals surface area contributed by atoms with Crippen molar-refractivity contribution in [1.82, 2.24) is 0 Å². The predicted molar refractivity (Wildman–Crippen MR) is 76.8 cm³/mol. The summed E-state index contributed by atoms with van der Waals surface area (Å²) in [5.41, 5.74) is 6.26. The van der Waals surface area contributed by atoms with Crippen molar-refractivity contribution in [2.75, 3.05) is 19.8 Å². The first-order valence-corrected chi connectivity index (χ1v) is 6.72. The van der Waals surface area contributed by atoms with Crippen LogP contribution in [0.1, 0.15) is 25.8 Å². The quantitative estimate of drug-likeness (QED) is 0.427. The molecule has 0 saturated heterocycles. The van der Waals surface area contributed by atoms with Crippen LogP contribution in [0.2, 0.25) is 0 Å². The summed E-state index contributed by atoms with van der Waals surface area (Å²) in [5, 5.41) is 10.9. The Morgan fingerprint density at radius 2 is 2.05 bits per heavy atom. The summed E-state index contributed by atoms with van der Waals surface area (Å²) >= 11 is 0. The van der Waals surface area contributed by atoms with Gasteiger partial charge in [-0.3, -0.25) is 10.1 Å². The van der Waals surface area contributed by atoms with Crippen molar-refractivity contribution in [2.45, 2.75) is 26.8 Å². The van der Waals surface area contributed by atoms with Gasteiger partial charge in [-0.1, -0.05) is 19.9 Å². The van der Waals surface area contributed by atoms with E-state index in [9.17, 15) is 10.1 Å². The van der Waals surface area contributed by atoms with Crippen LogP contribution in [-0.4, -0.2) is 24.7 Å². The van der Waals surface area contributed by atoms with Crippen LogP contribution in [0.4, 0.5) is 5.69 Å². The van der Waals surface area contributed by atoms with Crippen LogP contribution < -0.4 is 10.5 Å². The summed E-state index contributed by atoms with van der Waals surface area (Å²) in [6.45, 7) is 5.94. The number of nitrogens with two attached hydrogens (primary N) is 1. The van der Waals surface area contributed by atoms with E-state index in [1.165, 1.54) is 6.07 Å². The van der Waals surface area contributed by atoms with Gasteiger partial charge in [-0.05, 0) is 24.0 Å². The molecule has 2 N–H and O–H groups in total. The molecular formula is C14H22N2O4. The SMILES string of the molecule is CC(C)CCOCCOc1cc(CN)ccc1[N+](=O)[O-]. The summed E-state index contributed by atoms with van der Waals surface area (Å²) in [6.07, 6.45) is 0.989. The lowest BCUT2D eigenvalue weighted by atomic mass is 10.1. The van der Waals surface area contributed by atoms with Crippen molar-refractivity contribution in [1.29, 1.82) is 0 Å². The summed E-state index contributed by atoms with van der Waals surface area (Å²) in [4.78, 5) is 10.4. The van der Waals surface area contributed by atoms with Crippen molar-refractivity contribution in [3.8, 4) is 5.75 Å². The number of hydrogen-bond acceptors (Lipinski definition) is 5. The highest BCUT2D eigenvalue weighted by Gasteiger charge is 2.15. The number of nitro groups is 1. The molecule has 0 radical (unpaired) electrons. The number of nitrogens with zero attached hydrogens (tertiary/aromatic N) is 1. The second kappa shape index (κ2) is 8.50. The minimum absolute atomic E-state index is 0.0515. The van der Waals surface area contributed by atoms with Gasteiger partial charge in [0.05, 0.1) is 11.5 Å². The molecule has 6 heteroatoms. The molecule has 0 atom stereocenters. The van der Waals surface area contributed by atoms with Crippen molar-refractivity contribution in [3.05, 3.63) is 33.9 Å². The maximum absolute atomic E-state index is 10.9. The third-order valence-electron chi connectivity index (χ3n) is 2.78. The number of rotatable bonds is 9. The van der Waals surface area contributed by atoms with Crippen molar-refractivity contribution in [3.63, 3.8) is 0 Å². The molecule has 0 fully saturated rings. The summed E-state index contributed by atoms with van der Waals surface area (Å²) in [5.74, 6) is 0.837. The Bertz CT molecular complexity index is 435. The van der Waals surface area contributed by atoms with E-state index in [2.05, 4.69) is 13.8 Å². The van der Waals surface area contributed by atoms with E-state index in [1.54, 1.807) is 12.1 Å². The van der Waals surface area contributed by atoms with E-state index in [-0.39, 0.29) is 18.0 Å². The zero-order valence-electron chi connectivity index (χ0n) is 12.0. The van der Waals surface area contributed by atoms with Gasteiger partial charge in [0.15, 0.2) is 5.75 Å². The van der Waals surface area contributed by atoms with Gasteiger partial charge < -0.3 is 15.2 Å². The molecular weight excluding hydrogens is 260 g/mol. The van der Waals surface area contributed by atoms with Crippen molar-refractivity contribution < 1.29 is 14.4 Å².